The van der Waals surface area contributed by atoms with Crippen molar-refractivity contribution < 1.29 is 14.4 Å². The largest absolute Gasteiger partial charge is 0.322 e. The van der Waals surface area contributed by atoms with Gasteiger partial charge in [-0.3, -0.25) is 24.4 Å². The number of rotatable bonds is 3. The zero-order chi connectivity index (χ0) is 20.1. The van der Waals surface area contributed by atoms with Crippen LogP contribution in [-0.4, -0.2) is 38.4 Å². The summed E-state index contributed by atoms with van der Waals surface area (Å²) >= 11 is 1.65. The van der Waals surface area contributed by atoms with Gasteiger partial charge in [0.25, 0.3) is 5.91 Å². The molecule has 5 rings (SSSR count). The monoisotopic (exact) mass is 406 g/mol. The van der Waals surface area contributed by atoms with E-state index >= 15 is 0 Å². The molecule has 1 unspecified atom stereocenters. The third-order valence-corrected chi connectivity index (χ3v) is 6.40. The minimum atomic E-state index is -0.601. The molecule has 1 N–H and O–H groups in total. The second kappa shape index (κ2) is 6.66. The van der Waals surface area contributed by atoms with Gasteiger partial charge in [-0.15, -0.1) is 11.3 Å². The van der Waals surface area contributed by atoms with Gasteiger partial charge in [0.15, 0.2) is 0 Å². The highest BCUT2D eigenvalue weighted by molar-refractivity contribution is 7.13. The van der Waals surface area contributed by atoms with Crippen LogP contribution in [0.15, 0.2) is 41.9 Å². The first-order chi connectivity index (χ1) is 14.0. The number of hydrogen-bond acceptors (Lipinski definition) is 5. The van der Waals surface area contributed by atoms with E-state index in [1.165, 1.54) is 0 Å². The Morgan fingerprint density at radius 2 is 2.03 bits per heavy atom. The summed E-state index contributed by atoms with van der Waals surface area (Å²) in [7, 11) is 1.92. The van der Waals surface area contributed by atoms with Gasteiger partial charge in [-0.1, -0.05) is 12.1 Å². The molecule has 0 radical (unpaired) electrons. The minimum absolute atomic E-state index is 0.161. The lowest BCUT2D eigenvalue weighted by Gasteiger charge is -2.29. The molecule has 4 heterocycles. The van der Waals surface area contributed by atoms with Gasteiger partial charge >= 0.3 is 0 Å². The fraction of sp³-hybridized carbons (Fsp3) is 0.238. The van der Waals surface area contributed by atoms with Crippen molar-refractivity contribution in [3.05, 3.63) is 53.0 Å². The summed E-state index contributed by atoms with van der Waals surface area (Å²) in [4.78, 5) is 39.2. The fourth-order valence-electron chi connectivity index (χ4n) is 4.10. The van der Waals surface area contributed by atoms with E-state index in [0.717, 1.165) is 27.3 Å². The van der Waals surface area contributed by atoms with Crippen molar-refractivity contribution in [3.8, 4) is 21.7 Å². The lowest BCUT2D eigenvalue weighted by Crippen LogP contribution is -2.52. The molecule has 0 saturated carbocycles. The number of carbonyl (C=O) groups excluding carboxylic acids is 3. The van der Waals surface area contributed by atoms with Gasteiger partial charge in [-0.05, 0) is 41.1 Å². The van der Waals surface area contributed by atoms with Crippen LogP contribution in [-0.2, 0) is 23.2 Å². The molecule has 2 aromatic heterocycles. The van der Waals surface area contributed by atoms with E-state index in [1.54, 1.807) is 16.2 Å². The Morgan fingerprint density at radius 3 is 2.79 bits per heavy atom. The number of nitrogens with zero attached hydrogens (tertiary/aromatic N) is 3. The zero-order valence-electron chi connectivity index (χ0n) is 15.7. The second-order valence-corrected chi connectivity index (χ2v) is 8.23. The maximum atomic E-state index is 12.9. The number of aryl methyl sites for hydroxylation is 1. The van der Waals surface area contributed by atoms with Crippen LogP contribution in [0.1, 0.15) is 28.8 Å². The molecule has 29 heavy (non-hydrogen) atoms. The molecular weight excluding hydrogens is 388 g/mol. The quantitative estimate of drug-likeness (QED) is 0.678. The number of carbonyl (C=O) groups is 3. The van der Waals surface area contributed by atoms with Gasteiger partial charge in [-0.2, -0.15) is 5.10 Å². The first-order valence-corrected chi connectivity index (χ1v) is 10.2. The van der Waals surface area contributed by atoms with E-state index in [4.69, 9.17) is 0 Å². The zero-order valence-corrected chi connectivity index (χ0v) is 16.5. The lowest BCUT2D eigenvalue weighted by atomic mass is 10.0. The van der Waals surface area contributed by atoms with E-state index in [1.807, 2.05) is 47.6 Å². The smallest absolute Gasteiger partial charge is 0.255 e. The molecule has 2 aliphatic rings. The predicted octanol–water partition coefficient (Wildman–Crippen LogP) is 2.58. The molecular formula is C21H18N4O3S. The van der Waals surface area contributed by atoms with Crippen LogP contribution in [0.25, 0.3) is 21.7 Å². The molecule has 1 atom stereocenters. The number of fused-ring (bicyclic) bond motifs is 1. The minimum Gasteiger partial charge on any atom is -0.322 e. The highest BCUT2D eigenvalue weighted by Crippen LogP contribution is 2.37. The highest BCUT2D eigenvalue weighted by Gasteiger charge is 2.39. The summed E-state index contributed by atoms with van der Waals surface area (Å²) in [6.07, 6.45) is 2.45. The van der Waals surface area contributed by atoms with Crippen LogP contribution in [0.2, 0.25) is 0 Å². The summed E-state index contributed by atoms with van der Waals surface area (Å²) in [5, 5.41) is 8.79. The van der Waals surface area contributed by atoms with E-state index in [2.05, 4.69) is 16.5 Å². The summed E-state index contributed by atoms with van der Waals surface area (Å²) < 4.78 is 1.86. The number of piperidine rings is 1. The van der Waals surface area contributed by atoms with E-state index < -0.39 is 11.9 Å². The van der Waals surface area contributed by atoms with E-state index in [0.29, 0.717) is 18.5 Å². The molecule has 0 spiro atoms. The number of benzene rings is 1. The summed E-state index contributed by atoms with van der Waals surface area (Å²) in [6.45, 7) is 0.364. The normalized spacial score (nSPS) is 18.9. The summed E-state index contributed by atoms with van der Waals surface area (Å²) in [5.41, 5.74) is 4.52. The number of imide groups is 1. The number of amides is 3. The summed E-state index contributed by atoms with van der Waals surface area (Å²) in [6, 6.07) is 9.23. The number of nitrogens with one attached hydrogen (secondary N) is 1. The molecule has 1 saturated heterocycles. The predicted molar refractivity (Wildman–Crippen MR) is 108 cm³/mol. The van der Waals surface area contributed by atoms with Crippen LogP contribution in [0.3, 0.4) is 0 Å². The summed E-state index contributed by atoms with van der Waals surface area (Å²) in [5.74, 6) is -0.837. The van der Waals surface area contributed by atoms with Crippen LogP contribution in [0, 0.1) is 0 Å². The molecule has 0 aliphatic carbocycles. The van der Waals surface area contributed by atoms with Crippen molar-refractivity contribution in [3.63, 3.8) is 0 Å². The third-order valence-electron chi connectivity index (χ3n) is 5.53. The van der Waals surface area contributed by atoms with Gasteiger partial charge in [0.05, 0.1) is 16.8 Å². The first-order valence-electron chi connectivity index (χ1n) is 9.37. The Morgan fingerprint density at radius 1 is 1.17 bits per heavy atom. The van der Waals surface area contributed by atoms with Crippen LogP contribution in [0.4, 0.5) is 0 Å². The molecule has 1 aromatic carbocycles. The molecule has 3 aromatic rings. The first kappa shape index (κ1) is 17.8. The van der Waals surface area contributed by atoms with Gasteiger partial charge in [0, 0.05) is 31.1 Å². The highest BCUT2D eigenvalue weighted by atomic mass is 32.1. The molecule has 1 fully saturated rings. The van der Waals surface area contributed by atoms with Gasteiger partial charge in [0.2, 0.25) is 11.8 Å². The van der Waals surface area contributed by atoms with Gasteiger partial charge < -0.3 is 4.90 Å². The molecule has 2 aliphatic heterocycles. The molecule has 146 valence electrons. The Bertz CT molecular complexity index is 1150. The molecule has 3 amide bonds. The fourth-order valence-corrected chi connectivity index (χ4v) is 4.91. The Balaban J connectivity index is 1.49. The van der Waals surface area contributed by atoms with Crippen molar-refractivity contribution in [1.29, 1.82) is 0 Å². The van der Waals surface area contributed by atoms with Crippen molar-refractivity contribution in [2.75, 3.05) is 0 Å². The molecule has 8 heteroatoms. The van der Waals surface area contributed by atoms with E-state index in [-0.39, 0.29) is 18.2 Å². The topological polar surface area (TPSA) is 84.3 Å². The van der Waals surface area contributed by atoms with Gasteiger partial charge in [-0.25, -0.2) is 0 Å². The van der Waals surface area contributed by atoms with E-state index in [9.17, 15) is 14.4 Å². The van der Waals surface area contributed by atoms with Gasteiger partial charge in [0.1, 0.15) is 6.04 Å². The SMILES string of the molecule is Cn1ncc(-c2ccc3c(c2)CN(C2CCC(=O)NC2=O)C3=O)c1-c1cccs1. The third kappa shape index (κ3) is 2.87. The average molecular weight is 406 g/mol. The van der Waals surface area contributed by atoms with Crippen molar-refractivity contribution >= 4 is 29.1 Å². The van der Waals surface area contributed by atoms with Crippen molar-refractivity contribution in [2.45, 2.75) is 25.4 Å². The number of aromatic nitrogens is 2. The average Bonchev–Trinajstić information content (AvgIpc) is 3.41. The number of hydrogen-bond donors (Lipinski definition) is 1. The Hall–Kier alpha value is -3.26. The lowest BCUT2D eigenvalue weighted by molar-refractivity contribution is -0.136. The van der Waals surface area contributed by atoms with Crippen LogP contribution < -0.4 is 5.32 Å². The standard InChI is InChI=1S/C21H18N4O3S/c1-24-19(17-3-2-8-29-17)15(10-22-24)12-4-5-14-13(9-12)11-25(21(14)28)16-6-7-18(26)23-20(16)27/h2-5,8-10,16H,6-7,11H2,1H3,(H,23,26,27). The second-order valence-electron chi connectivity index (χ2n) is 7.28. The maximum Gasteiger partial charge on any atom is 0.255 e. The Kier molecular flexibility index (Phi) is 4.09. The number of thiophene rings is 1. The van der Waals surface area contributed by atoms with Crippen LogP contribution in [0.5, 0.6) is 0 Å². The van der Waals surface area contributed by atoms with Crippen molar-refractivity contribution in [2.24, 2.45) is 7.05 Å². The van der Waals surface area contributed by atoms with Crippen molar-refractivity contribution in [1.82, 2.24) is 20.0 Å². The van der Waals surface area contributed by atoms with Crippen LogP contribution >= 0.6 is 11.3 Å². The molecule has 0 bridgehead atoms. The Labute approximate surface area is 170 Å². The molecule has 7 nitrogen and oxygen atoms in total. The maximum absolute atomic E-state index is 12.9.